The minimum absolute atomic E-state index is 0.00740. The summed E-state index contributed by atoms with van der Waals surface area (Å²) < 4.78 is 4.93. The molecule has 1 atom stereocenters. The van der Waals surface area contributed by atoms with Crippen LogP contribution in [-0.2, 0) is 20.7 Å². The molecule has 2 amide bonds. The third kappa shape index (κ3) is 1.67. The number of nitrogens with two attached hydrogens (primary N) is 1. The number of anilines is 1. The number of aryl methyl sites for hydroxylation is 1. The Hall–Kier alpha value is -1.88. The molecule has 1 unspecified atom stereocenters. The van der Waals surface area contributed by atoms with Crippen molar-refractivity contribution < 1.29 is 14.3 Å². The van der Waals surface area contributed by atoms with Gasteiger partial charge in [-0.2, -0.15) is 0 Å². The van der Waals surface area contributed by atoms with Crippen molar-refractivity contribution in [3.8, 4) is 0 Å². The van der Waals surface area contributed by atoms with Crippen LogP contribution in [0, 0.1) is 0 Å². The molecule has 5 nitrogen and oxygen atoms in total. The third-order valence-electron chi connectivity index (χ3n) is 3.51. The molecule has 2 aliphatic rings. The summed E-state index contributed by atoms with van der Waals surface area (Å²) >= 11 is 0. The zero-order valence-electron chi connectivity index (χ0n) is 9.89. The number of fused-ring (bicyclic) bond motifs is 1. The molecular weight excluding hydrogens is 232 g/mol. The molecule has 1 aromatic rings. The van der Waals surface area contributed by atoms with Gasteiger partial charge in [-0.3, -0.25) is 14.5 Å². The van der Waals surface area contributed by atoms with E-state index in [4.69, 9.17) is 10.5 Å². The molecule has 1 fully saturated rings. The summed E-state index contributed by atoms with van der Waals surface area (Å²) in [6, 6.07) is 5.50. The van der Waals surface area contributed by atoms with Crippen LogP contribution in [0.15, 0.2) is 18.2 Å². The van der Waals surface area contributed by atoms with Crippen molar-refractivity contribution in [1.29, 1.82) is 0 Å². The van der Waals surface area contributed by atoms with E-state index in [-0.39, 0.29) is 31.1 Å². The maximum atomic E-state index is 11.8. The number of rotatable bonds is 1. The van der Waals surface area contributed by atoms with E-state index in [0.717, 1.165) is 24.0 Å². The van der Waals surface area contributed by atoms with E-state index in [9.17, 15) is 9.59 Å². The number of hydrogen-bond donors (Lipinski definition) is 1. The molecule has 1 aromatic carbocycles. The van der Waals surface area contributed by atoms with Gasteiger partial charge < -0.3 is 10.5 Å². The summed E-state index contributed by atoms with van der Waals surface area (Å²) in [6.45, 7) is -0.0148. The van der Waals surface area contributed by atoms with Gasteiger partial charge in [0.25, 0.3) is 11.8 Å². The number of nitrogens with zero attached hydrogens (tertiary/aromatic N) is 1. The summed E-state index contributed by atoms with van der Waals surface area (Å²) in [6.07, 6.45) is 1.62. The fraction of sp³-hybridized carbons (Fsp3) is 0.385. The number of ether oxygens (including phenoxy) is 1. The number of carbonyl (C=O) groups is 2. The van der Waals surface area contributed by atoms with Crippen molar-refractivity contribution in [2.24, 2.45) is 0 Å². The summed E-state index contributed by atoms with van der Waals surface area (Å²) in [5, 5.41) is 0. The van der Waals surface area contributed by atoms with E-state index in [0.29, 0.717) is 5.69 Å². The van der Waals surface area contributed by atoms with E-state index in [1.165, 1.54) is 4.90 Å². The SMILES string of the molecule is Nc1ccc2c(c1)CCC2N1C(=O)COCC1=O. The van der Waals surface area contributed by atoms with Gasteiger partial charge in [0.1, 0.15) is 13.2 Å². The van der Waals surface area contributed by atoms with Crippen LogP contribution in [0.25, 0.3) is 0 Å². The lowest BCUT2D eigenvalue weighted by atomic mass is 10.1. The lowest BCUT2D eigenvalue weighted by Gasteiger charge is -2.30. The number of morpholine rings is 1. The van der Waals surface area contributed by atoms with Crippen LogP contribution >= 0.6 is 0 Å². The van der Waals surface area contributed by atoms with Crippen LogP contribution in [0.5, 0.6) is 0 Å². The average molecular weight is 246 g/mol. The number of carbonyl (C=O) groups excluding carboxylic acids is 2. The van der Waals surface area contributed by atoms with Gasteiger partial charge >= 0.3 is 0 Å². The van der Waals surface area contributed by atoms with Gasteiger partial charge in [0.05, 0.1) is 6.04 Å². The standard InChI is InChI=1S/C13H14N2O3/c14-9-2-3-10-8(5-9)1-4-11(10)15-12(16)6-18-7-13(15)17/h2-3,5,11H,1,4,6-7,14H2. The molecule has 1 heterocycles. The van der Waals surface area contributed by atoms with Crippen molar-refractivity contribution in [3.05, 3.63) is 29.3 Å². The second-order valence-electron chi connectivity index (χ2n) is 4.66. The number of hydrogen-bond acceptors (Lipinski definition) is 4. The van der Waals surface area contributed by atoms with E-state index >= 15 is 0 Å². The lowest BCUT2D eigenvalue weighted by molar-refractivity contribution is -0.161. The Morgan fingerprint density at radius 1 is 1.22 bits per heavy atom. The minimum atomic E-state index is -0.249. The second kappa shape index (κ2) is 4.10. The molecule has 2 N–H and O–H groups in total. The van der Waals surface area contributed by atoms with Gasteiger partial charge in [-0.15, -0.1) is 0 Å². The Kier molecular flexibility index (Phi) is 2.56. The second-order valence-corrected chi connectivity index (χ2v) is 4.66. The maximum absolute atomic E-state index is 11.8. The van der Waals surface area contributed by atoms with Crippen LogP contribution in [-0.4, -0.2) is 29.9 Å². The first-order valence-corrected chi connectivity index (χ1v) is 5.98. The molecule has 3 rings (SSSR count). The number of amides is 2. The zero-order valence-corrected chi connectivity index (χ0v) is 9.89. The van der Waals surface area contributed by atoms with Gasteiger partial charge in [-0.25, -0.2) is 0 Å². The van der Waals surface area contributed by atoms with Crippen LogP contribution < -0.4 is 5.73 Å². The van der Waals surface area contributed by atoms with Gasteiger partial charge in [0, 0.05) is 5.69 Å². The molecule has 0 saturated carbocycles. The molecule has 1 saturated heterocycles. The van der Waals surface area contributed by atoms with Crippen molar-refractivity contribution in [1.82, 2.24) is 4.90 Å². The van der Waals surface area contributed by atoms with Crippen molar-refractivity contribution in [2.45, 2.75) is 18.9 Å². The quantitative estimate of drug-likeness (QED) is 0.583. The first-order chi connectivity index (χ1) is 8.66. The Bertz CT molecular complexity index is 511. The molecule has 5 heteroatoms. The van der Waals surface area contributed by atoms with Crippen molar-refractivity contribution in [3.63, 3.8) is 0 Å². The highest BCUT2D eigenvalue weighted by Crippen LogP contribution is 2.37. The molecular formula is C13H14N2O3. The Labute approximate surface area is 105 Å². The predicted molar refractivity (Wildman–Crippen MR) is 64.6 cm³/mol. The van der Waals surface area contributed by atoms with Gasteiger partial charge in [-0.05, 0) is 36.1 Å². The zero-order chi connectivity index (χ0) is 12.7. The van der Waals surface area contributed by atoms with Crippen LogP contribution in [0.2, 0.25) is 0 Å². The van der Waals surface area contributed by atoms with E-state index in [2.05, 4.69) is 0 Å². The number of benzene rings is 1. The Morgan fingerprint density at radius 2 is 1.94 bits per heavy atom. The largest absolute Gasteiger partial charge is 0.399 e. The predicted octanol–water partition coefficient (Wildman–Crippen LogP) is 0.641. The summed E-state index contributed by atoms with van der Waals surface area (Å²) in [5.74, 6) is -0.498. The van der Waals surface area contributed by atoms with Gasteiger partial charge in [-0.1, -0.05) is 6.07 Å². The van der Waals surface area contributed by atoms with E-state index < -0.39 is 0 Å². The topological polar surface area (TPSA) is 72.6 Å². The molecule has 1 aliphatic heterocycles. The molecule has 0 radical (unpaired) electrons. The molecule has 0 aromatic heterocycles. The van der Waals surface area contributed by atoms with Crippen LogP contribution in [0.3, 0.4) is 0 Å². The Balaban J connectivity index is 1.96. The smallest absolute Gasteiger partial charge is 0.255 e. The molecule has 0 spiro atoms. The highest BCUT2D eigenvalue weighted by molar-refractivity contribution is 5.98. The van der Waals surface area contributed by atoms with Crippen LogP contribution in [0.1, 0.15) is 23.6 Å². The van der Waals surface area contributed by atoms with Gasteiger partial charge in [0.15, 0.2) is 0 Å². The maximum Gasteiger partial charge on any atom is 0.255 e. The fourth-order valence-corrected chi connectivity index (χ4v) is 2.73. The summed E-state index contributed by atoms with van der Waals surface area (Å²) in [7, 11) is 0. The Morgan fingerprint density at radius 3 is 2.67 bits per heavy atom. The summed E-state index contributed by atoms with van der Waals surface area (Å²) in [4.78, 5) is 25.0. The average Bonchev–Trinajstić information content (AvgIpc) is 2.72. The number of imide groups is 1. The first kappa shape index (κ1) is 11.2. The molecule has 18 heavy (non-hydrogen) atoms. The van der Waals surface area contributed by atoms with Crippen LogP contribution in [0.4, 0.5) is 5.69 Å². The highest BCUT2D eigenvalue weighted by Gasteiger charge is 2.37. The number of nitrogen functional groups attached to an aromatic ring is 1. The molecule has 94 valence electrons. The van der Waals surface area contributed by atoms with Crippen molar-refractivity contribution >= 4 is 17.5 Å². The van der Waals surface area contributed by atoms with E-state index in [1.807, 2.05) is 18.2 Å². The monoisotopic (exact) mass is 246 g/mol. The summed E-state index contributed by atoms with van der Waals surface area (Å²) in [5.41, 5.74) is 8.63. The van der Waals surface area contributed by atoms with Crippen molar-refractivity contribution in [2.75, 3.05) is 18.9 Å². The fourth-order valence-electron chi connectivity index (χ4n) is 2.73. The molecule has 0 bridgehead atoms. The van der Waals surface area contributed by atoms with E-state index in [1.54, 1.807) is 0 Å². The lowest BCUT2D eigenvalue weighted by Crippen LogP contribution is -2.47. The molecule has 1 aliphatic carbocycles. The normalized spacial score (nSPS) is 23.3. The third-order valence-corrected chi connectivity index (χ3v) is 3.51. The first-order valence-electron chi connectivity index (χ1n) is 5.98. The highest BCUT2D eigenvalue weighted by atomic mass is 16.5. The van der Waals surface area contributed by atoms with Gasteiger partial charge in [0.2, 0.25) is 0 Å². The minimum Gasteiger partial charge on any atom is -0.399 e.